The van der Waals surface area contributed by atoms with Gasteiger partial charge in [-0.2, -0.15) is 13.5 Å². The second kappa shape index (κ2) is 9.94. The number of fused-ring (bicyclic) bond motifs is 1. The van der Waals surface area contributed by atoms with Crippen molar-refractivity contribution in [1.82, 2.24) is 0 Å². The van der Waals surface area contributed by atoms with Gasteiger partial charge in [0.1, 0.15) is 16.3 Å². The first-order valence-corrected chi connectivity index (χ1v) is 12.3. The Morgan fingerprint density at radius 3 is 2.39 bits per heavy atom. The highest BCUT2D eigenvalue weighted by Crippen LogP contribution is 2.40. The van der Waals surface area contributed by atoms with Crippen LogP contribution >= 0.6 is 11.6 Å². The van der Waals surface area contributed by atoms with Crippen molar-refractivity contribution in [1.29, 1.82) is 0 Å². The Kier molecular flexibility index (Phi) is 6.93. The molecule has 4 aromatic rings. The van der Waals surface area contributed by atoms with E-state index in [1.165, 1.54) is 19.2 Å². The summed E-state index contributed by atoms with van der Waals surface area (Å²) >= 11 is 6.01. The number of halogens is 1. The van der Waals surface area contributed by atoms with Crippen LogP contribution in [0.3, 0.4) is 0 Å². The number of rotatable bonds is 6. The van der Waals surface area contributed by atoms with Crippen molar-refractivity contribution in [3.8, 4) is 11.5 Å². The molecule has 3 N–H and O–H groups in total. The largest absolute Gasteiger partial charge is 0.505 e. The number of hydrogen-bond donors (Lipinski definition) is 3. The Morgan fingerprint density at radius 1 is 1.03 bits per heavy atom. The van der Waals surface area contributed by atoms with Gasteiger partial charge >= 0.3 is 0 Å². The first-order valence-electron chi connectivity index (χ1n) is 10.5. The van der Waals surface area contributed by atoms with Crippen molar-refractivity contribution in [2.75, 3.05) is 12.4 Å². The maximum Gasteiger partial charge on any atom is 0.296 e. The number of hydrogen-bond acceptors (Lipinski definition) is 7. The molecule has 11 heteroatoms. The SMILES string of the molecule is COc1ccc(NC(=O)c2cc3ccccc3c(N=Nc3cc(Cl)c(S(=O)(=O)O)cc3C)c2O)cc1. The fourth-order valence-corrected chi connectivity index (χ4v) is 4.60. The monoisotopic (exact) mass is 525 g/mol. The van der Waals surface area contributed by atoms with Crippen LogP contribution in [0.5, 0.6) is 11.5 Å². The minimum atomic E-state index is -4.52. The van der Waals surface area contributed by atoms with Crippen molar-refractivity contribution >= 4 is 55.5 Å². The van der Waals surface area contributed by atoms with Crippen LogP contribution in [0.2, 0.25) is 5.02 Å². The summed E-state index contributed by atoms with van der Waals surface area (Å²) in [6, 6.07) is 17.7. The molecule has 0 unspecified atom stereocenters. The maximum absolute atomic E-state index is 13.0. The van der Waals surface area contributed by atoms with Gasteiger partial charge in [-0.25, -0.2) is 0 Å². The molecule has 0 aliphatic heterocycles. The lowest BCUT2D eigenvalue weighted by Gasteiger charge is -2.12. The number of aromatic hydroxyl groups is 1. The van der Waals surface area contributed by atoms with Crippen LogP contribution in [-0.2, 0) is 10.1 Å². The van der Waals surface area contributed by atoms with Crippen LogP contribution in [0, 0.1) is 6.92 Å². The summed E-state index contributed by atoms with van der Waals surface area (Å²) in [5.74, 6) is -0.317. The molecule has 0 aromatic heterocycles. The number of carbonyl (C=O) groups excluding carboxylic acids is 1. The molecule has 184 valence electrons. The van der Waals surface area contributed by atoms with Crippen LogP contribution in [0.15, 0.2) is 81.9 Å². The maximum atomic E-state index is 13.0. The Balaban J connectivity index is 1.76. The standard InChI is InChI=1S/C25H20ClN3O6S/c1-14-11-22(36(32,33)34)20(26)13-21(14)28-29-23-18-6-4-3-5-15(18)12-19(24(23)30)25(31)27-16-7-9-17(35-2)10-8-16/h3-13,30H,1-2H3,(H,27,31)(H,32,33,34). The molecule has 4 aromatic carbocycles. The molecule has 0 radical (unpaired) electrons. The molecule has 0 aliphatic rings. The van der Waals surface area contributed by atoms with Crippen molar-refractivity contribution in [3.63, 3.8) is 0 Å². The predicted octanol–water partition coefficient (Wildman–Crippen LogP) is 6.43. The number of methoxy groups -OCH3 is 1. The summed E-state index contributed by atoms with van der Waals surface area (Å²) in [6.45, 7) is 1.57. The number of carbonyl (C=O) groups is 1. The van der Waals surface area contributed by atoms with Crippen LogP contribution in [0.4, 0.5) is 17.1 Å². The second-order valence-corrected chi connectivity index (χ2v) is 9.57. The van der Waals surface area contributed by atoms with Crippen LogP contribution < -0.4 is 10.1 Å². The molecule has 0 aliphatic carbocycles. The lowest BCUT2D eigenvalue weighted by atomic mass is 10.0. The molecular weight excluding hydrogens is 506 g/mol. The molecule has 0 heterocycles. The third-order valence-electron chi connectivity index (χ3n) is 5.37. The van der Waals surface area contributed by atoms with Gasteiger partial charge in [-0.05, 0) is 60.3 Å². The number of aryl methyl sites for hydroxylation is 1. The first-order chi connectivity index (χ1) is 17.1. The number of benzene rings is 4. The Hall–Kier alpha value is -3.99. The topological polar surface area (TPSA) is 138 Å². The van der Waals surface area contributed by atoms with E-state index in [1.54, 1.807) is 61.5 Å². The van der Waals surface area contributed by atoms with Crippen LogP contribution in [0.25, 0.3) is 10.8 Å². The van der Waals surface area contributed by atoms with Crippen molar-refractivity contribution in [2.45, 2.75) is 11.8 Å². The highest BCUT2D eigenvalue weighted by atomic mass is 35.5. The molecule has 36 heavy (non-hydrogen) atoms. The summed E-state index contributed by atoms with van der Waals surface area (Å²) in [6.07, 6.45) is 0. The van der Waals surface area contributed by atoms with E-state index in [0.717, 1.165) is 0 Å². The number of azo groups is 1. The third kappa shape index (κ3) is 5.15. The van der Waals surface area contributed by atoms with E-state index in [2.05, 4.69) is 15.5 Å². The minimum Gasteiger partial charge on any atom is -0.505 e. The normalized spacial score (nSPS) is 11.7. The summed E-state index contributed by atoms with van der Waals surface area (Å²) in [7, 11) is -2.98. The minimum absolute atomic E-state index is 0.0186. The number of phenols is 1. The first kappa shape index (κ1) is 25.1. The molecule has 0 atom stereocenters. The van der Waals surface area contributed by atoms with Gasteiger partial charge in [-0.1, -0.05) is 35.9 Å². The van der Waals surface area contributed by atoms with E-state index in [0.29, 0.717) is 27.8 Å². The lowest BCUT2D eigenvalue weighted by Crippen LogP contribution is -2.12. The van der Waals surface area contributed by atoms with E-state index < -0.39 is 20.9 Å². The summed E-state index contributed by atoms with van der Waals surface area (Å²) in [5, 5.41) is 23.0. The highest BCUT2D eigenvalue weighted by molar-refractivity contribution is 7.86. The second-order valence-electron chi connectivity index (χ2n) is 7.77. The van der Waals surface area contributed by atoms with Crippen molar-refractivity contribution < 1.29 is 27.6 Å². The fourth-order valence-electron chi connectivity index (χ4n) is 3.52. The van der Waals surface area contributed by atoms with Crippen LogP contribution in [-0.4, -0.2) is 31.1 Å². The molecule has 4 rings (SSSR count). The number of anilines is 1. The van der Waals surface area contributed by atoms with Crippen LogP contribution in [0.1, 0.15) is 15.9 Å². The molecule has 0 spiro atoms. The number of nitrogens with zero attached hydrogens (tertiary/aromatic N) is 2. The summed E-state index contributed by atoms with van der Waals surface area (Å²) in [4.78, 5) is 12.6. The Labute approximate surface area is 211 Å². The molecule has 0 saturated carbocycles. The fraction of sp³-hybridized carbons (Fsp3) is 0.0800. The number of amides is 1. The van der Waals surface area contributed by atoms with Gasteiger partial charge < -0.3 is 15.2 Å². The molecule has 1 amide bonds. The zero-order chi connectivity index (χ0) is 26.0. The Bertz CT molecular complexity index is 1620. The lowest BCUT2D eigenvalue weighted by molar-refractivity contribution is 0.102. The van der Waals surface area contributed by atoms with E-state index >= 15 is 0 Å². The van der Waals surface area contributed by atoms with Gasteiger partial charge in [0.05, 0.1) is 23.4 Å². The Morgan fingerprint density at radius 2 is 1.72 bits per heavy atom. The number of ether oxygens (including phenoxy) is 1. The van der Waals surface area contributed by atoms with E-state index in [4.69, 9.17) is 16.3 Å². The van der Waals surface area contributed by atoms with Gasteiger partial charge in [0, 0.05) is 11.1 Å². The average Bonchev–Trinajstić information content (AvgIpc) is 2.84. The van der Waals surface area contributed by atoms with E-state index in [9.17, 15) is 22.9 Å². The molecule has 0 bridgehead atoms. The quantitative estimate of drug-likeness (QED) is 0.196. The summed E-state index contributed by atoms with van der Waals surface area (Å²) in [5.41, 5.74) is 1.11. The highest BCUT2D eigenvalue weighted by Gasteiger charge is 2.20. The summed E-state index contributed by atoms with van der Waals surface area (Å²) < 4.78 is 37.4. The molecule has 9 nitrogen and oxygen atoms in total. The van der Waals surface area contributed by atoms with Gasteiger partial charge in [0.15, 0.2) is 5.75 Å². The smallest absolute Gasteiger partial charge is 0.296 e. The zero-order valence-corrected chi connectivity index (χ0v) is 20.6. The van der Waals surface area contributed by atoms with Gasteiger partial charge in [-0.3, -0.25) is 9.35 Å². The molecule has 0 fully saturated rings. The third-order valence-corrected chi connectivity index (χ3v) is 6.69. The average molecular weight is 526 g/mol. The number of phenolic OH excluding ortho intramolecular Hbond substituents is 1. The predicted molar refractivity (Wildman–Crippen MR) is 137 cm³/mol. The zero-order valence-electron chi connectivity index (χ0n) is 19.1. The van der Waals surface area contributed by atoms with Gasteiger partial charge in [0.25, 0.3) is 16.0 Å². The molecule has 0 saturated heterocycles. The number of nitrogens with one attached hydrogen (secondary N) is 1. The van der Waals surface area contributed by atoms with E-state index in [-0.39, 0.29) is 27.7 Å². The van der Waals surface area contributed by atoms with Crippen molar-refractivity contribution in [2.24, 2.45) is 10.2 Å². The van der Waals surface area contributed by atoms with E-state index in [1.807, 2.05) is 0 Å². The van der Waals surface area contributed by atoms with Gasteiger partial charge in [0.2, 0.25) is 0 Å². The molecular formula is C25H20ClN3O6S. The van der Waals surface area contributed by atoms with Crippen molar-refractivity contribution in [3.05, 3.63) is 82.9 Å². The van der Waals surface area contributed by atoms with Gasteiger partial charge in [-0.15, -0.1) is 5.11 Å².